The molecule has 31 heavy (non-hydrogen) atoms. The van der Waals surface area contributed by atoms with Gasteiger partial charge in [-0.2, -0.15) is 23.1 Å². The van der Waals surface area contributed by atoms with Gasteiger partial charge in [0.2, 0.25) is 0 Å². The Morgan fingerprint density at radius 1 is 1.06 bits per heavy atom. The van der Waals surface area contributed by atoms with Crippen LogP contribution in [0.15, 0.2) is 65.4 Å². The number of hydrogen-bond acceptors (Lipinski definition) is 5. The fraction of sp³-hybridized carbons (Fsp3) is 0.320. The predicted molar refractivity (Wildman–Crippen MR) is 139 cm³/mol. The standard InChI is InChI=1S/C25H29NO2S3/c1-25(2,3)20-8-10-22(11-9-20)28-24(29)26(4)21-6-5-7-23(16-21)27-13-15-31-18-19-12-14-30-17-19/h5-12,14,16-17H,13,15,18H2,1-4H3. The lowest BCUT2D eigenvalue weighted by molar-refractivity contribution is 0.344. The molecular formula is C25H29NO2S3. The van der Waals surface area contributed by atoms with Crippen LogP contribution >= 0.6 is 35.3 Å². The minimum Gasteiger partial charge on any atom is -0.493 e. The summed E-state index contributed by atoms with van der Waals surface area (Å²) in [6, 6.07) is 18.2. The highest BCUT2D eigenvalue weighted by Crippen LogP contribution is 2.26. The summed E-state index contributed by atoms with van der Waals surface area (Å²) in [4.78, 5) is 1.85. The van der Waals surface area contributed by atoms with Gasteiger partial charge in [-0.05, 0) is 69.9 Å². The quantitative estimate of drug-likeness (QED) is 0.256. The monoisotopic (exact) mass is 471 g/mol. The number of hydrogen-bond donors (Lipinski definition) is 0. The lowest BCUT2D eigenvalue weighted by atomic mass is 9.87. The molecular weight excluding hydrogens is 442 g/mol. The molecule has 0 fully saturated rings. The first-order valence-electron chi connectivity index (χ1n) is 10.2. The molecule has 6 heteroatoms. The molecule has 3 nitrogen and oxygen atoms in total. The molecule has 0 saturated heterocycles. The van der Waals surface area contributed by atoms with Crippen LogP contribution in [0.4, 0.5) is 5.69 Å². The Bertz CT molecular complexity index is 963. The van der Waals surface area contributed by atoms with Crippen LogP contribution in [0.2, 0.25) is 0 Å². The van der Waals surface area contributed by atoms with Gasteiger partial charge in [-0.15, -0.1) is 0 Å². The Kier molecular flexibility index (Phi) is 8.41. The van der Waals surface area contributed by atoms with E-state index in [-0.39, 0.29) is 5.41 Å². The van der Waals surface area contributed by atoms with Gasteiger partial charge >= 0.3 is 0 Å². The van der Waals surface area contributed by atoms with Gasteiger partial charge in [-0.1, -0.05) is 39.0 Å². The third-order valence-electron chi connectivity index (χ3n) is 4.75. The zero-order chi connectivity index (χ0) is 22.3. The highest BCUT2D eigenvalue weighted by atomic mass is 32.2. The van der Waals surface area contributed by atoms with Crippen LogP contribution < -0.4 is 14.4 Å². The van der Waals surface area contributed by atoms with Crippen molar-refractivity contribution in [3.63, 3.8) is 0 Å². The van der Waals surface area contributed by atoms with Crippen LogP contribution in [0.5, 0.6) is 11.5 Å². The summed E-state index contributed by atoms with van der Waals surface area (Å²) < 4.78 is 11.8. The van der Waals surface area contributed by atoms with Gasteiger partial charge in [0.1, 0.15) is 11.5 Å². The van der Waals surface area contributed by atoms with Crippen LogP contribution in [0.1, 0.15) is 31.9 Å². The zero-order valence-corrected chi connectivity index (χ0v) is 20.9. The number of benzene rings is 2. The summed E-state index contributed by atoms with van der Waals surface area (Å²) in [6.45, 7) is 7.25. The van der Waals surface area contributed by atoms with Crippen LogP contribution in [0.3, 0.4) is 0 Å². The predicted octanol–water partition coefficient (Wildman–Crippen LogP) is 7.16. The molecule has 0 N–H and O–H groups in total. The molecule has 0 aliphatic rings. The van der Waals surface area contributed by atoms with Crippen LogP contribution in [-0.2, 0) is 11.2 Å². The van der Waals surface area contributed by atoms with E-state index in [9.17, 15) is 0 Å². The van der Waals surface area contributed by atoms with Crippen LogP contribution in [0, 0.1) is 0 Å². The molecule has 0 aliphatic heterocycles. The van der Waals surface area contributed by atoms with E-state index >= 15 is 0 Å². The Morgan fingerprint density at radius 2 is 1.84 bits per heavy atom. The van der Waals surface area contributed by atoms with Crippen molar-refractivity contribution in [2.75, 3.05) is 24.3 Å². The molecule has 1 heterocycles. The van der Waals surface area contributed by atoms with E-state index in [0.29, 0.717) is 11.8 Å². The maximum atomic E-state index is 5.93. The van der Waals surface area contributed by atoms with Gasteiger partial charge in [0, 0.05) is 30.3 Å². The van der Waals surface area contributed by atoms with Crippen LogP contribution in [0.25, 0.3) is 0 Å². The minimum atomic E-state index is 0.110. The number of rotatable bonds is 8. The topological polar surface area (TPSA) is 21.7 Å². The van der Waals surface area contributed by atoms with E-state index in [1.807, 2.05) is 60.1 Å². The molecule has 0 atom stereocenters. The van der Waals surface area contributed by atoms with Crippen molar-refractivity contribution in [3.05, 3.63) is 76.5 Å². The second kappa shape index (κ2) is 11.0. The van der Waals surface area contributed by atoms with Crippen molar-refractivity contribution in [1.29, 1.82) is 0 Å². The number of ether oxygens (including phenoxy) is 2. The normalized spacial score (nSPS) is 11.2. The molecule has 164 valence electrons. The SMILES string of the molecule is CN(C(=S)Oc1ccc(C(C)(C)C)cc1)c1cccc(OCCSCc2ccsc2)c1. The molecule has 0 amide bonds. The third-order valence-corrected chi connectivity index (χ3v) is 6.83. The van der Waals surface area contributed by atoms with E-state index in [1.165, 1.54) is 11.1 Å². The largest absolute Gasteiger partial charge is 0.493 e. The summed E-state index contributed by atoms with van der Waals surface area (Å²) >= 11 is 9.13. The molecule has 0 unspecified atom stereocenters. The van der Waals surface area contributed by atoms with E-state index in [2.05, 4.69) is 49.7 Å². The second-order valence-electron chi connectivity index (χ2n) is 8.23. The lowest BCUT2D eigenvalue weighted by Gasteiger charge is -2.22. The highest BCUT2D eigenvalue weighted by molar-refractivity contribution is 7.98. The van der Waals surface area contributed by atoms with Gasteiger partial charge in [0.15, 0.2) is 0 Å². The van der Waals surface area contributed by atoms with Gasteiger partial charge in [-0.3, -0.25) is 0 Å². The van der Waals surface area contributed by atoms with E-state index in [1.54, 1.807) is 11.3 Å². The fourth-order valence-corrected chi connectivity index (χ4v) is 4.60. The smallest absolute Gasteiger partial charge is 0.269 e. The molecule has 0 radical (unpaired) electrons. The fourth-order valence-electron chi connectivity index (χ4n) is 2.86. The first-order chi connectivity index (χ1) is 14.8. The van der Waals surface area contributed by atoms with Crippen molar-refractivity contribution >= 4 is 46.2 Å². The molecule has 0 spiro atoms. The van der Waals surface area contributed by atoms with Gasteiger partial charge in [0.25, 0.3) is 5.17 Å². The number of nitrogens with zero attached hydrogens (tertiary/aromatic N) is 1. The minimum absolute atomic E-state index is 0.110. The first-order valence-corrected chi connectivity index (χ1v) is 12.7. The molecule has 0 bridgehead atoms. The number of thiophene rings is 1. The third kappa shape index (κ3) is 7.27. The molecule has 3 aromatic rings. The van der Waals surface area contributed by atoms with Crippen molar-refractivity contribution in [2.45, 2.75) is 31.9 Å². The van der Waals surface area contributed by atoms with Crippen molar-refractivity contribution in [3.8, 4) is 11.5 Å². The Balaban J connectivity index is 1.50. The number of thioether (sulfide) groups is 1. The average Bonchev–Trinajstić information content (AvgIpc) is 3.26. The van der Waals surface area contributed by atoms with Gasteiger partial charge in [0.05, 0.1) is 6.61 Å². The summed E-state index contributed by atoms with van der Waals surface area (Å²) in [6.07, 6.45) is 0. The second-order valence-corrected chi connectivity index (χ2v) is 10.5. The molecule has 0 saturated carbocycles. The molecule has 0 aliphatic carbocycles. The van der Waals surface area contributed by atoms with Gasteiger partial charge in [-0.25, -0.2) is 0 Å². The zero-order valence-electron chi connectivity index (χ0n) is 18.5. The summed E-state index contributed by atoms with van der Waals surface area (Å²) in [7, 11) is 1.90. The molecule has 1 aromatic heterocycles. The Morgan fingerprint density at radius 3 is 2.52 bits per heavy atom. The van der Waals surface area contributed by atoms with Gasteiger partial charge < -0.3 is 14.4 Å². The van der Waals surface area contributed by atoms with Crippen molar-refractivity contribution in [2.24, 2.45) is 0 Å². The Labute approximate surface area is 199 Å². The first kappa shape index (κ1) is 23.6. The Hall–Kier alpha value is -2.02. The lowest BCUT2D eigenvalue weighted by Crippen LogP contribution is -2.29. The number of thiocarbonyl (C=S) groups is 1. The van der Waals surface area contributed by atoms with Crippen molar-refractivity contribution in [1.82, 2.24) is 0 Å². The van der Waals surface area contributed by atoms with E-state index in [4.69, 9.17) is 21.7 Å². The summed E-state index contributed by atoms with van der Waals surface area (Å²) in [5.41, 5.74) is 3.68. The van der Waals surface area contributed by atoms with Crippen molar-refractivity contribution < 1.29 is 9.47 Å². The molecule has 2 aromatic carbocycles. The summed E-state index contributed by atoms with van der Waals surface area (Å²) in [5.74, 6) is 3.54. The van der Waals surface area contributed by atoms with E-state index in [0.717, 1.165) is 28.7 Å². The maximum absolute atomic E-state index is 5.93. The molecule has 3 rings (SSSR count). The average molecular weight is 472 g/mol. The van der Waals surface area contributed by atoms with Crippen LogP contribution in [-0.4, -0.2) is 24.6 Å². The van der Waals surface area contributed by atoms with E-state index < -0.39 is 0 Å². The maximum Gasteiger partial charge on any atom is 0.269 e. The number of anilines is 1. The summed E-state index contributed by atoms with van der Waals surface area (Å²) in [5, 5.41) is 4.70. The highest BCUT2D eigenvalue weighted by Gasteiger charge is 2.14.